The van der Waals surface area contributed by atoms with Crippen molar-refractivity contribution < 1.29 is 9.59 Å². The molecule has 1 aliphatic rings. The summed E-state index contributed by atoms with van der Waals surface area (Å²) in [6, 6.07) is 7.22. The third kappa shape index (κ3) is 1.71. The molecule has 16 heavy (non-hydrogen) atoms. The van der Waals surface area contributed by atoms with E-state index < -0.39 is 0 Å². The second-order valence-electron chi connectivity index (χ2n) is 3.71. The molecule has 0 bridgehead atoms. The van der Waals surface area contributed by atoms with Crippen molar-refractivity contribution >= 4 is 17.5 Å². The van der Waals surface area contributed by atoms with Crippen LogP contribution in [0.4, 0.5) is 5.69 Å². The predicted molar refractivity (Wildman–Crippen MR) is 59.5 cm³/mol. The van der Waals surface area contributed by atoms with E-state index in [1.807, 2.05) is 19.1 Å². The molecule has 2 N–H and O–H groups in total. The van der Waals surface area contributed by atoms with Crippen LogP contribution in [0.15, 0.2) is 24.3 Å². The van der Waals surface area contributed by atoms with E-state index in [-0.39, 0.29) is 18.0 Å². The Morgan fingerprint density at radius 1 is 1.44 bits per heavy atom. The highest BCUT2D eigenvalue weighted by Crippen LogP contribution is 2.23. The highest BCUT2D eigenvalue weighted by atomic mass is 16.2. The first kappa shape index (κ1) is 10.5. The second-order valence-corrected chi connectivity index (χ2v) is 3.71. The Morgan fingerprint density at radius 3 is 2.81 bits per heavy atom. The molecule has 5 nitrogen and oxygen atoms in total. The fraction of sp³-hybridized carbons (Fsp3) is 0.273. The van der Waals surface area contributed by atoms with Gasteiger partial charge in [-0.25, -0.2) is 5.01 Å². The number of fused-ring (bicyclic) bond motifs is 1. The maximum atomic E-state index is 12.0. The van der Waals surface area contributed by atoms with Gasteiger partial charge in [-0.05, 0) is 19.1 Å². The van der Waals surface area contributed by atoms with Gasteiger partial charge in [-0.15, -0.1) is 0 Å². The van der Waals surface area contributed by atoms with Gasteiger partial charge in [-0.2, -0.15) is 0 Å². The van der Waals surface area contributed by atoms with E-state index in [1.54, 1.807) is 12.1 Å². The minimum Gasteiger partial charge on any atom is -0.363 e. The molecule has 1 heterocycles. The van der Waals surface area contributed by atoms with Gasteiger partial charge < -0.3 is 5.32 Å². The van der Waals surface area contributed by atoms with Crippen LogP contribution < -0.4 is 10.7 Å². The number of nitrogens with zero attached hydrogens (tertiary/aromatic N) is 1. The van der Waals surface area contributed by atoms with Crippen molar-refractivity contribution in [2.75, 3.05) is 5.32 Å². The summed E-state index contributed by atoms with van der Waals surface area (Å²) >= 11 is 0. The average molecular weight is 219 g/mol. The molecule has 0 saturated heterocycles. The van der Waals surface area contributed by atoms with Crippen LogP contribution in [0.25, 0.3) is 0 Å². The number of anilines is 1. The summed E-state index contributed by atoms with van der Waals surface area (Å²) in [4.78, 5) is 23.0. The van der Waals surface area contributed by atoms with E-state index in [9.17, 15) is 9.59 Å². The molecule has 0 radical (unpaired) electrons. The number of para-hydroxylation sites is 1. The lowest BCUT2D eigenvalue weighted by atomic mass is 10.1. The molecule has 2 amide bonds. The van der Waals surface area contributed by atoms with E-state index in [1.165, 1.54) is 11.9 Å². The Bertz CT molecular complexity index is 445. The quantitative estimate of drug-likeness (QED) is 0.739. The van der Waals surface area contributed by atoms with Gasteiger partial charge in [0.25, 0.3) is 5.91 Å². The summed E-state index contributed by atoms with van der Waals surface area (Å²) < 4.78 is 0. The lowest BCUT2D eigenvalue weighted by Gasteiger charge is -2.35. The molecule has 0 saturated carbocycles. The average Bonchev–Trinajstić information content (AvgIpc) is 2.24. The number of benzene rings is 1. The molecule has 0 aromatic heterocycles. The molecule has 1 atom stereocenters. The van der Waals surface area contributed by atoms with Crippen LogP contribution in [0.5, 0.6) is 0 Å². The number of carbonyl (C=O) groups excluding carboxylic acids is 2. The zero-order valence-corrected chi connectivity index (χ0v) is 9.15. The molecule has 5 heteroatoms. The number of hydrazine groups is 1. The summed E-state index contributed by atoms with van der Waals surface area (Å²) in [5.41, 5.74) is 3.86. The third-order valence-corrected chi connectivity index (χ3v) is 2.41. The van der Waals surface area contributed by atoms with E-state index in [0.717, 1.165) is 5.69 Å². The van der Waals surface area contributed by atoms with Gasteiger partial charge in [-0.3, -0.25) is 15.0 Å². The number of amides is 2. The van der Waals surface area contributed by atoms with Crippen LogP contribution in [0, 0.1) is 0 Å². The minimum absolute atomic E-state index is 0.197. The minimum atomic E-state index is -0.263. The van der Waals surface area contributed by atoms with Crippen molar-refractivity contribution in [2.24, 2.45) is 0 Å². The van der Waals surface area contributed by atoms with Crippen LogP contribution in [-0.4, -0.2) is 23.0 Å². The van der Waals surface area contributed by atoms with Crippen LogP contribution in [0.1, 0.15) is 24.2 Å². The van der Waals surface area contributed by atoms with Gasteiger partial charge in [0.2, 0.25) is 5.91 Å². The van der Waals surface area contributed by atoms with Crippen LogP contribution in [0.2, 0.25) is 0 Å². The molecule has 0 fully saturated rings. The maximum absolute atomic E-state index is 12.0. The predicted octanol–water partition coefficient (Wildman–Crippen LogP) is 0.951. The van der Waals surface area contributed by atoms with Gasteiger partial charge in [0, 0.05) is 12.6 Å². The highest BCUT2D eigenvalue weighted by molar-refractivity contribution is 6.02. The summed E-state index contributed by atoms with van der Waals surface area (Å²) in [6.45, 7) is 3.18. The first-order valence-corrected chi connectivity index (χ1v) is 5.06. The topological polar surface area (TPSA) is 61.4 Å². The Kier molecular flexibility index (Phi) is 2.52. The molecular formula is C11H13N3O2. The van der Waals surface area contributed by atoms with E-state index in [0.29, 0.717) is 5.56 Å². The van der Waals surface area contributed by atoms with Crippen LogP contribution >= 0.6 is 0 Å². The molecule has 1 aromatic rings. The van der Waals surface area contributed by atoms with Gasteiger partial charge in [-0.1, -0.05) is 12.1 Å². The lowest BCUT2D eigenvalue weighted by molar-refractivity contribution is -0.123. The van der Waals surface area contributed by atoms with Gasteiger partial charge in [0.1, 0.15) is 6.17 Å². The number of rotatable bonds is 1. The van der Waals surface area contributed by atoms with E-state index in [2.05, 4.69) is 10.7 Å². The number of hydrogen-bond acceptors (Lipinski definition) is 3. The molecule has 84 valence electrons. The zero-order chi connectivity index (χ0) is 11.7. The van der Waals surface area contributed by atoms with Crippen molar-refractivity contribution in [2.45, 2.75) is 20.0 Å². The molecule has 1 aliphatic heterocycles. The number of carbonyl (C=O) groups is 2. The Hall–Kier alpha value is -2.04. The summed E-state index contributed by atoms with van der Waals surface area (Å²) in [7, 11) is 0. The van der Waals surface area contributed by atoms with Gasteiger partial charge in [0.15, 0.2) is 0 Å². The monoisotopic (exact) mass is 219 g/mol. The van der Waals surface area contributed by atoms with Crippen molar-refractivity contribution in [3.05, 3.63) is 29.8 Å². The molecule has 0 aliphatic carbocycles. The molecule has 1 unspecified atom stereocenters. The first-order chi connectivity index (χ1) is 7.59. The Morgan fingerprint density at radius 2 is 2.12 bits per heavy atom. The van der Waals surface area contributed by atoms with E-state index in [4.69, 9.17) is 0 Å². The van der Waals surface area contributed by atoms with Crippen molar-refractivity contribution in [1.29, 1.82) is 0 Å². The normalized spacial score (nSPS) is 18.8. The van der Waals surface area contributed by atoms with Crippen LogP contribution in [-0.2, 0) is 4.79 Å². The number of nitrogens with one attached hydrogen (secondary N) is 2. The van der Waals surface area contributed by atoms with Crippen molar-refractivity contribution in [3.8, 4) is 0 Å². The summed E-state index contributed by atoms with van der Waals surface area (Å²) in [5, 5.41) is 4.43. The Labute approximate surface area is 93.4 Å². The van der Waals surface area contributed by atoms with Crippen molar-refractivity contribution in [1.82, 2.24) is 10.4 Å². The van der Waals surface area contributed by atoms with Crippen molar-refractivity contribution in [3.63, 3.8) is 0 Å². The number of hydrogen-bond donors (Lipinski definition) is 2. The standard InChI is InChI=1S/C11H13N3O2/c1-7-12-10-6-4-3-5-9(10)11(16)14(7)13-8(2)15/h3-7,12H,1-2H3,(H,13,15). The molecule has 0 spiro atoms. The molecule has 2 rings (SSSR count). The highest BCUT2D eigenvalue weighted by Gasteiger charge is 2.29. The maximum Gasteiger partial charge on any atom is 0.276 e. The van der Waals surface area contributed by atoms with E-state index >= 15 is 0 Å². The first-order valence-electron chi connectivity index (χ1n) is 5.06. The smallest absolute Gasteiger partial charge is 0.276 e. The second kappa shape index (κ2) is 3.84. The summed E-state index contributed by atoms with van der Waals surface area (Å²) in [5.74, 6) is -0.460. The van der Waals surface area contributed by atoms with Gasteiger partial charge >= 0.3 is 0 Å². The third-order valence-electron chi connectivity index (χ3n) is 2.41. The molecule has 1 aromatic carbocycles. The largest absolute Gasteiger partial charge is 0.363 e. The lowest BCUT2D eigenvalue weighted by Crippen LogP contribution is -2.55. The van der Waals surface area contributed by atoms with Crippen LogP contribution in [0.3, 0.4) is 0 Å². The van der Waals surface area contributed by atoms with Gasteiger partial charge in [0.05, 0.1) is 5.56 Å². The summed E-state index contributed by atoms with van der Waals surface area (Å²) in [6.07, 6.45) is -0.258. The Balaban J connectivity index is 2.34. The SMILES string of the molecule is CC(=O)NN1C(=O)c2ccccc2NC1C. The molecular weight excluding hydrogens is 206 g/mol. The fourth-order valence-electron chi connectivity index (χ4n) is 1.71. The zero-order valence-electron chi connectivity index (χ0n) is 9.15. The fourth-order valence-corrected chi connectivity index (χ4v) is 1.71.